The number of ether oxygens (including phenoxy) is 1. The Hall–Kier alpha value is -0.360. The van der Waals surface area contributed by atoms with Crippen LogP contribution in [-0.4, -0.2) is 35.2 Å². The average molecular weight is 252 g/mol. The molecule has 0 rings (SSSR count). The molecule has 88 valence electrons. The predicted octanol–water partition coefficient (Wildman–Crippen LogP) is 2.19. The van der Waals surface area contributed by atoms with Crippen molar-refractivity contribution in [3.8, 4) is 0 Å². The molecule has 0 bridgehead atoms. The molecule has 15 heavy (non-hydrogen) atoms. The smallest absolute Gasteiger partial charge is 0.306 e. The Bertz CT molecular complexity index is 197. The van der Waals surface area contributed by atoms with E-state index >= 15 is 0 Å². The molecule has 0 heterocycles. The molecule has 0 fully saturated rings. The summed E-state index contributed by atoms with van der Waals surface area (Å²) in [6.07, 6.45) is 1.40. The molecule has 0 aliphatic carbocycles. The second-order valence-electron chi connectivity index (χ2n) is 2.76. The van der Waals surface area contributed by atoms with Gasteiger partial charge >= 0.3 is 11.9 Å². The number of esters is 1. The van der Waals surface area contributed by atoms with Crippen molar-refractivity contribution >= 4 is 33.5 Å². The van der Waals surface area contributed by atoms with Gasteiger partial charge in [0.1, 0.15) is 0 Å². The zero-order valence-corrected chi connectivity index (χ0v) is 10.4. The molecule has 0 spiro atoms. The molecule has 4 nitrogen and oxygen atoms in total. The molecule has 0 aromatic rings. The van der Waals surface area contributed by atoms with Crippen molar-refractivity contribution in [3.63, 3.8) is 0 Å². The van der Waals surface area contributed by atoms with Crippen LogP contribution in [0.2, 0.25) is 0 Å². The van der Waals surface area contributed by atoms with Crippen molar-refractivity contribution in [2.45, 2.75) is 26.2 Å². The molecule has 0 atom stereocenters. The zero-order chi connectivity index (χ0) is 11.5. The molecule has 0 radical (unpaired) electrons. The van der Waals surface area contributed by atoms with Gasteiger partial charge < -0.3 is 9.84 Å². The Kier molecular flexibility index (Phi) is 9.92. The maximum atomic E-state index is 11.0. The number of carbonyl (C=O) groups excluding carboxylic acids is 1. The minimum Gasteiger partial charge on any atom is -0.481 e. The van der Waals surface area contributed by atoms with E-state index in [9.17, 15) is 9.59 Å². The highest BCUT2D eigenvalue weighted by Crippen LogP contribution is 2.22. The summed E-state index contributed by atoms with van der Waals surface area (Å²) in [6.45, 7) is 2.43. The minimum absolute atomic E-state index is 0.165. The van der Waals surface area contributed by atoms with E-state index in [0.717, 1.165) is 6.42 Å². The van der Waals surface area contributed by atoms with Gasteiger partial charge in [0.25, 0.3) is 0 Å². The lowest BCUT2D eigenvalue weighted by Crippen LogP contribution is -2.05. The Labute approximate surface area is 97.5 Å². The quantitative estimate of drug-likeness (QED) is 0.385. The summed E-state index contributed by atoms with van der Waals surface area (Å²) in [5, 5.41) is 8.36. The second-order valence-corrected chi connectivity index (χ2v) is 5.46. The van der Waals surface area contributed by atoms with Gasteiger partial charge in [0.15, 0.2) is 0 Å². The van der Waals surface area contributed by atoms with Gasteiger partial charge in [-0.05, 0) is 6.42 Å². The van der Waals surface area contributed by atoms with Crippen molar-refractivity contribution in [1.82, 2.24) is 0 Å². The van der Waals surface area contributed by atoms with Crippen LogP contribution < -0.4 is 0 Å². The first kappa shape index (κ1) is 14.6. The molecular formula is C9H16O4S2. The number of carbonyl (C=O) groups is 2. The van der Waals surface area contributed by atoms with Crippen LogP contribution >= 0.6 is 21.6 Å². The monoisotopic (exact) mass is 252 g/mol. The van der Waals surface area contributed by atoms with Crippen LogP contribution in [0.3, 0.4) is 0 Å². The molecule has 0 amide bonds. The van der Waals surface area contributed by atoms with E-state index in [2.05, 4.69) is 0 Å². The molecule has 0 aromatic heterocycles. The van der Waals surface area contributed by atoms with Gasteiger partial charge in [-0.15, -0.1) is 0 Å². The highest BCUT2D eigenvalue weighted by Gasteiger charge is 2.02. The van der Waals surface area contributed by atoms with Crippen LogP contribution in [0.4, 0.5) is 0 Å². The van der Waals surface area contributed by atoms with Crippen molar-refractivity contribution in [1.29, 1.82) is 0 Å². The van der Waals surface area contributed by atoms with Crippen LogP contribution in [0.1, 0.15) is 26.2 Å². The first-order valence-corrected chi connectivity index (χ1v) is 7.27. The maximum absolute atomic E-state index is 11.0. The van der Waals surface area contributed by atoms with Crippen LogP contribution in [-0.2, 0) is 14.3 Å². The van der Waals surface area contributed by atoms with Crippen LogP contribution in [0.15, 0.2) is 0 Å². The van der Waals surface area contributed by atoms with Crippen LogP contribution in [0.25, 0.3) is 0 Å². The fraction of sp³-hybridized carbons (Fsp3) is 0.778. The molecule has 0 aliphatic rings. The Balaban J connectivity index is 3.16. The Morgan fingerprint density at radius 3 is 2.33 bits per heavy atom. The molecule has 0 saturated carbocycles. The Morgan fingerprint density at radius 2 is 1.80 bits per heavy atom. The third kappa shape index (κ3) is 11.6. The van der Waals surface area contributed by atoms with Gasteiger partial charge in [0.2, 0.25) is 0 Å². The van der Waals surface area contributed by atoms with Crippen LogP contribution in [0.5, 0.6) is 0 Å². The van der Waals surface area contributed by atoms with E-state index in [4.69, 9.17) is 9.84 Å². The highest BCUT2D eigenvalue weighted by molar-refractivity contribution is 8.76. The number of carboxylic acid groups (broad SMARTS) is 1. The standard InChI is InChI=1S/C9H16O4S2/c1-2-5-13-9(12)4-7-15-14-6-3-8(10)11/h2-7H2,1H3,(H,10,11). The first-order chi connectivity index (χ1) is 7.16. The fourth-order valence-corrected chi connectivity index (χ4v) is 2.61. The third-order valence-electron chi connectivity index (χ3n) is 1.34. The lowest BCUT2D eigenvalue weighted by molar-refractivity contribution is -0.143. The topological polar surface area (TPSA) is 63.6 Å². The van der Waals surface area contributed by atoms with Crippen molar-refractivity contribution in [3.05, 3.63) is 0 Å². The number of carboxylic acids is 1. The van der Waals surface area contributed by atoms with Gasteiger partial charge in [-0.25, -0.2) is 0 Å². The number of hydrogen-bond acceptors (Lipinski definition) is 5. The summed E-state index contributed by atoms with van der Waals surface area (Å²) in [5.74, 6) is 0.283. The fourth-order valence-electron chi connectivity index (χ4n) is 0.660. The average Bonchev–Trinajstić information content (AvgIpc) is 2.19. The Morgan fingerprint density at radius 1 is 1.20 bits per heavy atom. The highest BCUT2D eigenvalue weighted by atomic mass is 33.1. The molecule has 0 aromatic carbocycles. The maximum Gasteiger partial charge on any atom is 0.306 e. The van der Waals surface area contributed by atoms with Crippen LogP contribution in [0, 0.1) is 0 Å². The summed E-state index contributed by atoms with van der Waals surface area (Å²) in [4.78, 5) is 21.2. The summed E-state index contributed by atoms with van der Waals surface area (Å²) in [5.41, 5.74) is 0. The zero-order valence-electron chi connectivity index (χ0n) is 8.73. The summed E-state index contributed by atoms with van der Waals surface area (Å²) in [6, 6.07) is 0. The SMILES string of the molecule is CCCOC(=O)CCSSCCC(=O)O. The molecule has 0 saturated heterocycles. The van der Waals surface area contributed by atoms with E-state index in [0.29, 0.717) is 24.5 Å². The first-order valence-electron chi connectivity index (χ1n) is 4.78. The number of aliphatic carboxylic acids is 1. The lowest BCUT2D eigenvalue weighted by Gasteiger charge is -2.02. The largest absolute Gasteiger partial charge is 0.481 e. The second kappa shape index (κ2) is 10.2. The van der Waals surface area contributed by atoms with Gasteiger partial charge in [0.05, 0.1) is 19.4 Å². The predicted molar refractivity (Wildman–Crippen MR) is 63.0 cm³/mol. The third-order valence-corrected chi connectivity index (χ3v) is 3.75. The van der Waals surface area contributed by atoms with Gasteiger partial charge in [-0.3, -0.25) is 9.59 Å². The number of rotatable bonds is 9. The van der Waals surface area contributed by atoms with Crippen molar-refractivity contribution in [2.24, 2.45) is 0 Å². The molecule has 0 aliphatic heterocycles. The minimum atomic E-state index is -0.787. The molecule has 6 heteroatoms. The van der Waals surface area contributed by atoms with Crippen molar-refractivity contribution in [2.75, 3.05) is 18.1 Å². The molecule has 1 N–H and O–H groups in total. The molecule has 0 unspecified atom stereocenters. The van der Waals surface area contributed by atoms with E-state index in [1.807, 2.05) is 6.92 Å². The van der Waals surface area contributed by atoms with E-state index in [-0.39, 0.29) is 12.4 Å². The van der Waals surface area contributed by atoms with Gasteiger partial charge in [-0.1, -0.05) is 28.5 Å². The molecular weight excluding hydrogens is 236 g/mol. The summed E-state index contributed by atoms with van der Waals surface area (Å²) < 4.78 is 4.88. The summed E-state index contributed by atoms with van der Waals surface area (Å²) >= 11 is 0. The van der Waals surface area contributed by atoms with Gasteiger partial charge in [-0.2, -0.15) is 0 Å². The summed E-state index contributed by atoms with van der Waals surface area (Å²) in [7, 11) is 2.98. The van der Waals surface area contributed by atoms with E-state index in [1.54, 1.807) is 0 Å². The van der Waals surface area contributed by atoms with Gasteiger partial charge in [0, 0.05) is 11.5 Å². The number of hydrogen-bond donors (Lipinski definition) is 1. The lowest BCUT2D eigenvalue weighted by atomic mass is 10.5. The van der Waals surface area contributed by atoms with E-state index in [1.165, 1.54) is 21.6 Å². The van der Waals surface area contributed by atoms with E-state index < -0.39 is 5.97 Å². The normalized spacial score (nSPS) is 9.93. The van der Waals surface area contributed by atoms with Crippen molar-refractivity contribution < 1.29 is 19.4 Å².